The monoisotopic (exact) mass is 413 g/mol. The second kappa shape index (κ2) is 8.48. The predicted octanol–water partition coefficient (Wildman–Crippen LogP) is 3.44. The summed E-state index contributed by atoms with van der Waals surface area (Å²) in [6.45, 7) is 2.52. The first-order valence-electron chi connectivity index (χ1n) is 7.62. The van der Waals surface area contributed by atoms with E-state index < -0.39 is 70.4 Å². The third kappa shape index (κ3) is 4.37. The van der Waals surface area contributed by atoms with Crippen LogP contribution in [0.5, 0.6) is 0 Å². The summed E-state index contributed by atoms with van der Waals surface area (Å²) in [6.07, 6.45) is -9.11. The zero-order chi connectivity index (χ0) is 22.0. The molecule has 0 fully saturated rings. The first kappa shape index (κ1) is 23.2. The van der Waals surface area contributed by atoms with Crippen molar-refractivity contribution in [3.05, 3.63) is 28.1 Å². The number of rotatable bonds is 6. The Balaban J connectivity index is 4.34. The molecule has 0 spiro atoms. The minimum Gasteiger partial charge on any atom is -0.481 e. The SMILES string of the molecule is COC(=O)c1c(C(F)F)nc(C(F)(F)F)c(C(=O)OC)c1C(C(=O)O)C(C)C. The number of carboxylic acid groups (broad SMARTS) is 1. The van der Waals surface area contributed by atoms with Crippen molar-refractivity contribution in [2.24, 2.45) is 5.92 Å². The van der Waals surface area contributed by atoms with E-state index in [0.717, 1.165) is 7.11 Å². The number of carbonyl (C=O) groups excluding carboxylic acids is 2. The molecule has 0 amide bonds. The number of methoxy groups -OCH3 is 2. The van der Waals surface area contributed by atoms with E-state index in [0.29, 0.717) is 7.11 Å². The van der Waals surface area contributed by atoms with Crippen LogP contribution in [0.15, 0.2) is 0 Å². The van der Waals surface area contributed by atoms with Crippen LogP contribution >= 0.6 is 0 Å². The topological polar surface area (TPSA) is 103 Å². The van der Waals surface area contributed by atoms with E-state index in [1.54, 1.807) is 0 Å². The smallest absolute Gasteiger partial charge is 0.434 e. The molecule has 1 rings (SSSR count). The highest BCUT2D eigenvalue weighted by atomic mass is 19.4. The molecule has 1 heterocycles. The number of ether oxygens (including phenoxy) is 2. The zero-order valence-electron chi connectivity index (χ0n) is 15.1. The normalized spacial score (nSPS) is 12.8. The van der Waals surface area contributed by atoms with Crippen LogP contribution in [0.25, 0.3) is 0 Å². The second-order valence-electron chi connectivity index (χ2n) is 5.85. The van der Waals surface area contributed by atoms with E-state index in [1.165, 1.54) is 13.8 Å². The van der Waals surface area contributed by atoms with Gasteiger partial charge in [-0.1, -0.05) is 13.8 Å². The number of aliphatic carboxylic acids is 1. The van der Waals surface area contributed by atoms with Crippen LogP contribution in [0, 0.1) is 5.92 Å². The van der Waals surface area contributed by atoms with Crippen molar-refractivity contribution in [2.75, 3.05) is 14.2 Å². The minimum atomic E-state index is -5.42. The van der Waals surface area contributed by atoms with Crippen LogP contribution in [0.2, 0.25) is 0 Å². The van der Waals surface area contributed by atoms with Crippen molar-refractivity contribution >= 4 is 17.9 Å². The molecular formula is C16H16F5NO6. The summed E-state index contributed by atoms with van der Waals surface area (Å²) in [6, 6.07) is 0. The van der Waals surface area contributed by atoms with Crippen molar-refractivity contribution in [1.29, 1.82) is 0 Å². The lowest BCUT2D eigenvalue weighted by Crippen LogP contribution is -2.30. The zero-order valence-corrected chi connectivity index (χ0v) is 15.1. The van der Waals surface area contributed by atoms with Crippen molar-refractivity contribution < 1.29 is 50.9 Å². The maximum Gasteiger partial charge on any atom is 0.434 e. The van der Waals surface area contributed by atoms with Crippen LogP contribution in [-0.2, 0) is 20.4 Å². The highest BCUT2D eigenvalue weighted by Crippen LogP contribution is 2.41. The lowest BCUT2D eigenvalue weighted by Gasteiger charge is -2.25. The van der Waals surface area contributed by atoms with Gasteiger partial charge in [0.05, 0.1) is 31.3 Å². The Bertz CT molecular complexity index is 791. The number of pyridine rings is 1. The summed E-state index contributed by atoms with van der Waals surface area (Å²) in [4.78, 5) is 38.7. The summed E-state index contributed by atoms with van der Waals surface area (Å²) < 4.78 is 75.9. The molecule has 0 aliphatic carbocycles. The van der Waals surface area contributed by atoms with E-state index in [2.05, 4.69) is 14.5 Å². The quantitative estimate of drug-likeness (QED) is 0.563. The van der Waals surface area contributed by atoms with Gasteiger partial charge in [-0.05, 0) is 11.5 Å². The number of hydrogen-bond acceptors (Lipinski definition) is 6. The van der Waals surface area contributed by atoms with E-state index in [-0.39, 0.29) is 0 Å². The van der Waals surface area contributed by atoms with Crippen molar-refractivity contribution in [2.45, 2.75) is 32.4 Å². The molecule has 0 saturated heterocycles. The van der Waals surface area contributed by atoms with Crippen molar-refractivity contribution in [1.82, 2.24) is 4.98 Å². The molecule has 0 aliphatic rings. The number of carboxylic acids is 1. The average Bonchev–Trinajstić information content (AvgIpc) is 2.57. The van der Waals surface area contributed by atoms with Gasteiger partial charge in [-0.2, -0.15) is 13.2 Å². The van der Waals surface area contributed by atoms with Gasteiger partial charge < -0.3 is 14.6 Å². The number of alkyl halides is 5. The molecule has 1 aromatic heterocycles. The maximum absolute atomic E-state index is 13.5. The molecule has 1 N–H and O–H groups in total. The molecule has 28 heavy (non-hydrogen) atoms. The lowest BCUT2D eigenvalue weighted by atomic mass is 9.81. The molecule has 0 aliphatic heterocycles. The molecule has 1 atom stereocenters. The van der Waals surface area contributed by atoms with Crippen LogP contribution in [0.4, 0.5) is 22.0 Å². The van der Waals surface area contributed by atoms with Gasteiger partial charge in [0.2, 0.25) is 0 Å². The Labute approximate surface area is 155 Å². The molecule has 0 saturated carbocycles. The Morgan fingerprint density at radius 3 is 1.79 bits per heavy atom. The van der Waals surface area contributed by atoms with Crippen LogP contribution in [0.1, 0.15) is 63.9 Å². The van der Waals surface area contributed by atoms with Crippen molar-refractivity contribution in [3.8, 4) is 0 Å². The largest absolute Gasteiger partial charge is 0.481 e. The summed E-state index contributed by atoms with van der Waals surface area (Å²) in [7, 11) is 1.46. The molecule has 7 nitrogen and oxygen atoms in total. The number of esters is 2. The molecular weight excluding hydrogens is 397 g/mol. The second-order valence-corrected chi connectivity index (χ2v) is 5.85. The summed E-state index contributed by atoms with van der Waals surface area (Å²) >= 11 is 0. The fourth-order valence-electron chi connectivity index (χ4n) is 2.66. The van der Waals surface area contributed by atoms with Crippen molar-refractivity contribution in [3.63, 3.8) is 0 Å². The number of carbonyl (C=O) groups is 3. The van der Waals surface area contributed by atoms with Gasteiger partial charge in [-0.15, -0.1) is 0 Å². The molecule has 1 unspecified atom stereocenters. The van der Waals surface area contributed by atoms with Crippen LogP contribution in [-0.4, -0.2) is 42.2 Å². The van der Waals surface area contributed by atoms with Gasteiger partial charge in [0.1, 0.15) is 5.69 Å². The van der Waals surface area contributed by atoms with E-state index >= 15 is 0 Å². The van der Waals surface area contributed by atoms with E-state index in [1.807, 2.05) is 0 Å². The highest BCUT2D eigenvalue weighted by Gasteiger charge is 2.46. The predicted molar refractivity (Wildman–Crippen MR) is 82.1 cm³/mol. The number of halogens is 5. The first-order valence-corrected chi connectivity index (χ1v) is 7.62. The Hall–Kier alpha value is -2.79. The van der Waals surface area contributed by atoms with E-state index in [9.17, 15) is 41.4 Å². The first-order chi connectivity index (χ1) is 12.8. The number of hydrogen-bond donors (Lipinski definition) is 1. The number of aromatic nitrogens is 1. The van der Waals surface area contributed by atoms with Gasteiger partial charge >= 0.3 is 24.1 Å². The Kier molecular flexibility index (Phi) is 7.04. The molecule has 12 heteroatoms. The van der Waals surface area contributed by atoms with E-state index in [4.69, 9.17) is 0 Å². The third-order valence-electron chi connectivity index (χ3n) is 3.76. The van der Waals surface area contributed by atoms with Gasteiger partial charge in [-0.3, -0.25) is 4.79 Å². The summed E-state index contributed by atoms with van der Waals surface area (Å²) in [5, 5.41) is 9.48. The Morgan fingerprint density at radius 2 is 1.46 bits per heavy atom. The van der Waals surface area contributed by atoms with Gasteiger partial charge in [0.25, 0.3) is 6.43 Å². The molecule has 0 aromatic carbocycles. The molecule has 0 bridgehead atoms. The minimum absolute atomic E-state index is 0.705. The average molecular weight is 413 g/mol. The molecule has 156 valence electrons. The van der Waals surface area contributed by atoms with Gasteiger partial charge in [0, 0.05) is 0 Å². The van der Waals surface area contributed by atoms with Crippen LogP contribution in [0.3, 0.4) is 0 Å². The fourth-order valence-corrected chi connectivity index (χ4v) is 2.66. The maximum atomic E-state index is 13.5. The summed E-state index contributed by atoms with van der Waals surface area (Å²) in [5.74, 6) is -7.94. The van der Waals surface area contributed by atoms with Gasteiger partial charge in [0.15, 0.2) is 5.69 Å². The standard InChI is InChI=1S/C16H16F5NO6/c1-5(2)6(13(23)24)7-8(14(25)27-3)10(12(17)18)22-11(16(19,20)21)9(7)15(26)28-4/h5-6,12H,1-4H3,(H,23,24). The van der Waals surface area contributed by atoms with Gasteiger partial charge in [-0.25, -0.2) is 23.4 Å². The lowest BCUT2D eigenvalue weighted by molar-refractivity contribution is -0.143. The fraction of sp³-hybridized carbons (Fsp3) is 0.500. The van der Waals surface area contributed by atoms with Crippen LogP contribution < -0.4 is 0 Å². The third-order valence-corrected chi connectivity index (χ3v) is 3.76. The number of nitrogens with zero attached hydrogens (tertiary/aromatic N) is 1. The summed E-state index contributed by atoms with van der Waals surface area (Å²) in [5.41, 5.74) is -7.45. The Morgan fingerprint density at radius 1 is 1.00 bits per heavy atom. The highest BCUT2D eigenvalue weighted by molar-refractivity contribution is 6.02. The molecule has 0 radical (unpaired) electrons. The molecule has 1 aromatic rings.